The van der Waals surface area contributed by atoms with Crippen LogP contribution in [0.3, 0.4) is 0 Å². The fourth-order valence-electron chi connectivity index (χ4n) is 1.91. The minimum atomic E-state index is -1.38. The summed E-state index contributed by atoms with van der Waals surface area (Å²) in [5, 5.41) is 35.3. The van der Waals surface area contributed by atoms with E-state index >= 15 is 0 Å². The van der Waals surface area contributed by atoms with E-state index in [-0.39, 0.29) is 11.2 Å². The molecular weight excluding hydrogens is 296 g/mol. The molecule has 0 bridgehead atoms. The largest absolute Gasteiger partial charge is 0.394 e. The van der Waals surface area contributed by atoms with Crippen LogP contribution in [0.4, 0.5) is 5.82 Å². The molecule has 2 aromatic heterocycles. The summed E-state index contributed by atoms with van der Waals surface area (Å²) >= 11 is 0. The molecule has 2 aromatic rings. The highest BCUT2D eigenvalue weighted by atomic mass is 16.6. The van der Waals surface area contributed by atoms with Crippen LogP contribution in [-0.2, 0) is 4.74 Å². The summed E-state index contributed by atoms with van der Waals surface area (Å²) in [4.78, 5) is 21.6. The van der Waals surface area contributed by atoms with E-state index in [1.54, 1.807) is 0 Å². The number of H-pyrrole nitrogens is 1. The number of pyridine rings is 1. The number of anilines is 1. The summed E-state index contributed by atoms with van der Waals surface area (Å²) in [7, 11) is 0. The second-order valence-electron chi connectivity index (χ2n) is 4.55. The van der Waals surface area contributed by atoms with E-state index < -0.39 is 31.2 Å². The number of fused-ring (bicyclic) bond motifs is 1. The molecule has 3 rings (SSSR count). The molecule has 0 saturated carbocycles. The molecule has 120 valence electrons. The Morgan fingerprint density at radius 2 is 2.00 bits per heavy atom. The number of nitrogens with zero attached hydrogens (tertiary/aromatic N) is 2. The number of nitrogens with one attached hydrogen (secondary N) is 1. The fourth-order valence-corrected chi connectivity index (χ4v) is 1.91. The average Bonchev–Trinajstić information content (AvgIpc) is 2.75. The number of hydrogen-bond acceptors (Lipinski definition) is 9. The standard InChI is InChI=1S/C7H6N4O.C5H10O5/c8-6-5-4(12)1-2-9-7(5)11-3-10-6;6-1-2-3(7)4(8)5(9)10-2/h1-3H,(H3,8,9,10,11,12);2-9H,1H2/t;2-,3+,4-,5?/m.1/s1. The van der Waals surface area contributed by atoms with Gasteiger partial charge in [0.15, 0.2) is 11.7 Å². The molecule has 1 saturated heterocycles. The molecule has 0 amide bonds. The summed E-state index contributed by atoms with van der Waals surface area (Å²) in [6, 6.07) is 1.39. The number of aromatic nitrogens is 3. The van der Waals surface area contributed by atoms with Crippen molar-refractivity contribution in [1.29, 1.82) is 0 Å². The van der Waals surface area contributed by atoms with Gasteiger partial charge in [-0.2, -0.15) is 0 Å². The van der Waals surface area contributed by atoms with Crippen LogP contribution in [0.25, 0.3) is 11.0 Å². The maximum absolute atomic E-state index is 11.2. The van der Waals surface area contributed by atoms with Crippen molar-refractivity contribution < 1.29 is 25.2 Å². The van der Waals surface area contributed by atoms with Crippen LogP contribution in [0.5, 0.6) is 0 Å². The van der Waals surface area contributed by atoms with Gasteiger partial charge >= 0.3 is 0 Å². The van der Waals surface area contributed by atoms with Crippen LogP contribution in [0.1, 0.15) is 0 Å². The van der Waals surface area contributed by atoms with E-state index in [1.807, 2.05) is 0 Å². The lowest BCUT2D eigenvalue weighted by molar-refractivity contribution is -0.132. The van der Waals surface area contributed by atoms with Crippen LogP contribution in [0.15, 0.2) is 23.4 Å². The monoisotopic (exact) mass is 312 g/mol. The molecule has 10 heteroatoms. The average molecular weight is 312 g/mol. The fraction of sp³-hybridized carbons (Fsp3) is 0.417. The predicted molar refractivity (Wildman–Crippen MR) is 74.6 cm³/mol. The van der Waals surface area contributed by atoms with E-state index in [0.29, 0.717) is 11.0 Å². The van der Waals surface area contributed by atoms with Crippen molar-refractivity contribution in [1.82, 2.24) is 15.0 Å². The summed E-state index contributed by atoms with van der Waals surface area (Å²) in [6.07, 6.45) is -1.92. The van der Waals surface area contributed by atoms with Crippen LogP contribution >= 0.6 is 0 Å². The maximum atomic E-state index is 11.2. The van der Waals surface area contributed by atoms with E-state index in [0.717, 1.165) is 0 Å². The zero-order valence-corrected chi connectivity index (χ0v) is 11.3. The molecule has 3 heterocycles. The Morgan fingerprint density at radius 3 is 2.50 bits per heavy atom. The first-order valence-corrected chi connectivity index (χ1v) is 6.34. The van der Waals surface area contributed by atoms with Crippen LogP contribution in [-0.4, -0.2) is 66.6 Å². The van der Waals surface area contributed by atoms with Gasteiger partial charge in [0.2, 0.25) is 0 Å². The molecule has 1 aliphatic heterocycles. The molecule has 4 atom stereocenters. The van der Waals surface area contributed by atoms with Crippen molar-refractivity contribution in [3.05, 3.63) is 28.8 Å². The van der Waals surface area contributed by atoms with Gasteiger partial charge in [0, 0.05) is 12.3 Å². The minimum Gasteiger partial charge on any atom is -0.394 e. The van der Waals surface area contributed by atoms with Gasteiger partial charge in [-0.3, -0.25) is 4.79 Å². The highest BCUT2D eigenvalue weighted by Gasteiger charge is 2.41. The molecule has 0 radical (unpaired) electrons. The van der Waals surface area contributed by atoms with Gasteiger partial charge in [-0.05, 0) is 0 Å². The number of ether oxygens (including phenoxy) is 1. The zero-order chi connectivity index (χ0) is 16.3. The molecule has 1 unspecified atom stereocenters. The van der Waals surface area contributed by atoms with E-state index in [1.165, 1.54) is 18.6 Å². The molecule has 0 aromatic carbocycles. The lowest BCUT2D eigenvalue weighted by atomic mass is 10.1. The topological polar surface area (TPSA) is 175 Å². The first-order valence-electron chi connectivity index (χ1n) is 6.34. The Labute approximate surface area is 123 Å². The van der Waals surface area contributed by atoms with Gasteiger partial charge in [-0.25, -0.2) is 9.97 Å². The lowest BCUT2D eigenvalue weighted by Gasteiger charge is -2.09. The number of aliphatic hydroxyl groups is 4. The number of aliphatic hydroxyl groups excluding tert-OH is 4. The van der Waals surface area contributed by atoms with Crippen LogP contribution < -0.4 is 11.2 Å². The Kier molecular flexibility index (Phi) is 5.00. The van der Waals surface area contributed by atoms with Crippen molar-refractivity contribution in [3.8, 4) is 0 Å². The highest BCUT2D eigenvalue weighted by Crippen LogP contribution is 2.18. The Balaban J connectivity index is 0.000000164. The molecular formula is C12H16N4O6. The molecule has 1 aliphatic rings. The van der Waals surface area contributed by atoms with Crippen molar-refractivity contribution in [2.45, 2.75) is 24.6 Å². The summed E-state index contributed by atoms with van der Waals surface area (Å²) in [5.41, 5.74) is 5.79. The second-order valence-corrected chi connectivity index (χ2v) is 4.55. The third-order valence-corrected chi connectivity index (χ3v) is 3.09. The van der Waals surface area contributed by atoms with Crippen molar-refractivity contribution in [3.63, 3.8) is 0 Å². The first kappa shape index (κ1) is 16.3. The van der Waals surface area contributed by atoms with Crippen molar-refractivity contribution in [2.75, 3.05) is 12.3 Å². The molecule has 7 N–H and O–H groups in total. The van der Waals surface area contributed by atoms with Crippen LogP contribution in [0, 0.1) is 0 Å². The quantitative estimate of drug-likeness (QED) is 0.327. The number of nitrogen functional groups attached to an aromatic ring is 1. The van der Waals surface area contributed by atoms with Gasteiger partial charge < -0.3 is 35.9 Å². The molecule has 1 fully saturated rings. The van der Waals surface area contributed by atoms with Gasteiger partial charge in [-0.15, -0.1) is 0 Å². The highest BCUT2D eigenvalue weighted by molar-refractivity contribution is 5.84. The van der Waals surface area contributed by atoms with Crippen molar-refractivity contribution in [2.24, 2.45) is 0 Å². The summed E-state index contributed by atoms with van der Waals surface area (Å²) < 4.78 is 4.54. The lowest BCUT2D eigenvalue weighted by Crippen LogP contribution is -2.33. The van der Waals surface area contributed by atoms with Crippen LogP contribution in [0.2, 0.25) is 0 Å². The van der Waals surface area contributed by atoms with E-state index in [4.69, 9.17) is 26.2 Å². The Hall–Kier alpha value is -2.11. The van der Waals surface area contributed by atoms with E-state index in [2.05, 4.69) is 19.7 Å². The Bertz CT molecular complexity index is 687. The zero-order valence-electron chi connectivity index (χ0n) is 11.3. The van der Waals surface area contributed by atoms with E-state index in [9.17, 15) is 4.79 Å². The van der Waals surface area contributed by atoms with Gasteiger partial charge in [0.05, 0.1) is 6.61 Å². The van der Waals surface area contributed by atoms with Crippen molar-refractivity contribution >= 4 is 16.9 Å². The summed E-state index contributed by atoms with van der Waals surface area (Å²) in [5.74, 6) is 0.210. The molecule has 0 aliphatic carbocycles. The van der Waals surface area contributed by atoms with Gasteiger partial charge in [-0.1, -0.05) is 0 Å². The third-order valence-electron chi connectivity index (χ3n) is 3.09. The van der Waals surface area contributed by atoms with Gasteiger partial charge in [0.1, 0.15) is 41.5 Å². The minimum absolute atomic E-state index is 0.165. The number of aromatic amines is 1. The normalized spacial score (nSPS) is 27.5. The second kappa shape index (κ2) is 6.77. The smallest absolute Gasteiger partial charge is 0.194 e. The first-order chi connectivity index (χ1) is 10.5. The SMILES string of the molecule is Nc1ncnc2[nH]ccc(=O)c12.OC[C@H]1OC(O)[C@H](O)[C@H]1O. The summed E-state index contributed by atoms with van der Waals surface area (Å²) in [6.45, 7) is -0.407. The van der Waals surface area contributed by atoms with Gasteiger partial charge in [0.25, 0.3) is 0 Å². The number of hydrogen-bond donors (Lipinski definition) is 6. The number of rotatable bonds is 1. The molecule has 0 spiro atoms. The maximum Gasteiger partial charge on any atom is 0.194 e. The Morgan fingerprint density at radius 1 is 1.27 bits per heavy atom. The number of nitrogens with two attached hydrogens (primary N) is 1. The predicted octanol–water partition coefficient (Wildman–Crippen LogP) is -2.68. The third kappa shape index (κ3) is 3.21. The molecule has 10 nitrogen and oxygen atoms in total. The molecule has 22 heavy (non-hydrogen) atoms.